The second kappa shape index (κ2) is 11.3. The third-order valence-electron chi connectivity index (χ3n) is 4.61. The van der Waals surface area contributed by atoms with Gasteiger partial charge in [0.15, 0.2) is 0 Å². The molecule has 0 aromatic heterocycles. The number of esters is 1. The maximum Gasteiger partial charge on any atom is 0.338 e. The number of ether oxygens (including phenoxy) is 2. The molecule has 0 spiro atoms. The average Bonchev–Trinajstić information content (AvgIpc) is 2.85. The van der Waals surface area contributed by atoms with Crippen molar-refractivity contribution in [3.05, 3.63) is 101 Å². The number of nitrogens with one attached hydrogen (secondary N) is 2. The van der Waals surface area contributed by atoms with Crippen LogP contribution in [0.3, 0.4) is 0 Å². The minimum atomic E-state index is -0.510. The molecule has 0 saturated carbocycles. The number of carbonyl (C=O) groups excluding carboxylic acids is 3. The van der Waals surface area contributed by atoms with E-state index in [4.69, 9.17) is 9.47 Å². The summed E-state index contributed by atoms with van der Waals surface area (Å²) >= 11 is 0. The lowest BCUT2D eigenvalue weighted by molar-refractivity contribution is -0.113. The molecule has 0 saturated heterocycles. The normalized spacial score (nSPS) is 10.8. The van der Waals surface area contributed by atoms with E-state index in [0.29, 0.717) is 22.6 Å². The molecule has 0 unspecified atom stereocenters. The van der Waals surface area contributed by atoms with Gasteiger partial charge in [0.05, 0.1) is 19.3 Å². The van der Waals surface area contributed by atoms with Gasteiger partial charge in [-0.15, -0.1) is 0 Å². The summed E-state index contributed by atoms with van der Waals surface area (Å²) in [6.45, 7) is 2.01. The van der Waals surface area contributed by atoms with Gasteiger partial charge in [-0.05, 0) is 67.1 Å². The fourth-order valence-corrected chi connectivity index (χ4v) is 2.91. The zero-order chi connectivity index (χ0) is 23.6. The molecule has 0 fully saturated rings. The molecule has 2 amide bonds. The summed E-state index contributed by atoms with van der Waals surface area (Å²) in [6, 6.07) is 22.0. The Bertz CT molecular complexity index is 1140. The van der Waals surface area contributed by atoms with Gasteiger partial charge < -0.3 is 20.1 Å². The van der Waals surface area contributed by atoms with E-state index in [2.05, 4.69) is 10.6 Å². The van der Waals surface area contributed by atoms with E-state index in [1.54, 1.807) is 68.6 Å². The monoisotopic (exact) mass is 444 g/mol. The van der Waals surface area contributed by atoms with Crippen LogP contribution in [0.15, 0.2) is 84.6 Å². The number of amides is 2. The van der Waals surface area contributed by atoms with E-state index < -0.39 is 17.8 Å². The van der Waals surface area contributed by atoms with Crippen LogP contribution in [0.2, 0.25) is 0 Å². The number of benzene rings is 3. The third kappa shape index (κ3) is 6.54. The number of hydrogen-bond donors (Lipinski definition) is 2. The summed E-state index contributed by atoms with van der Waals surface area (Å²) in [4.78, 5) is 37.6. The van der Waals surface area contributed by atoms with Gasteiger partial charge in [0.2, 0.25) is 0 Å². The third-order valence-corrected chi connectivity index (χ3v) is 4.61. The Balaban J connectivity index is 1.80. The van der Waals surface area contributed by atoms with E-state index in [0.717, 1.165) is 5.56 Å². The fraction of sp³-hybridized carbons (Fsp3) is 0.115. The molecule has 0 heterocycles. The number of hydrogen-bond acceptors (Lipinski definition) is 5. The van der Waals surface area contributed by atoms with Crippen molar-refractivity contribution >= 4 is 29.5 Å². The van der Waals surface area contributed by atoms with Crippen LogP contribution < -0.4 is 15.4 Å². The molecule has 0 aliphatic carbocycles. The van der Waals surface area contributed by atoms with Crippen LogP contribution in [0.5, 0.6) is 5.75 Å². The first-order chi connectivity index (χ1) is 16.0. The van der Waals surface area contributed by atoms with Gasteiger partial charge in [-0.25, -0.2) is 4.79 Å². The molecule has 0 aliphatic heterocycles. The van der Waals surface area contributed by atoms with Crippen LogP contribution in [0.1, 0.15) is 33.2 Å². The molecular weight excluding hydrogens is 420 g/mol. The quantitative estimate of drug-likeness (QED) is 0.400. The van der Waals surface area contributed by atoms with Crippen molar-refractivity contribution in [2.75, 3.05) is 19.0 Å². The summed E-state index contributed by atoms with van der Waals surface area (Å²) in [7, 11) is 1.54. The molecule has 0 aliphatic rings. The zero-order valence-electron chi connectivity index (χ0n) is 18.3. The zero-order valence-corrected chi connectivity index (χ0v) is 18.3. The Labute approximate surface area is 192 Å². The van der Waals surface area contributed by atoms with Gasteiger partial charge in [0, 0.05) is 11.3 Å². The minimum Gasteiger partial charge on any atom is -0.497 e. The predicted molar refractivity (Wildman–Crippen MR) is 126 cm³/mol. The molecule has 3 aromatic carbocycles. The highest BCUT2D eigenvalue weighted by molar-refractivity contribution is 6.10. The first-order valence-electron chi connectivity index (χ1n) is 10.3. The molecule has 0 atom stereocenters. The summed E-state index contributed by atoms with van der Waals surface area (Å²) in [5, 5.41) is 5.42. The Kier molecular flexibility index (Phi) is 7.96. The van der Waals surface area contributed by atoms with Gasteiger partial charge in [-0.1, -0.05) is 30.3 Å². The Morgan fingerprint density at radius 3 is 2.09 bits per heavy atom. The van der Waals surface area contributed by atoms with Gasteiger partial charge in [0.25, 0.3) is 11.8 Å². The van der Waals surface area contributed by atoms with E-state index in [-0.39, 0.29) is 12.3 Å². The van der Waals surface area contributed by atoms with Crippen molar-refractivity contribution in [3.8, 4) is 5.75 Å². The average molecular weight is 444 g/mol. The number of anilines is 1. The molecule has 3 rings (SSSR count). The highest BCUT2D eigenvalue weighted by atomic mass is 16.5. The lowest BCUT2D eigenvalue weighted by Gasteiger charge is -2.12. The summed E-state index contributed by atoms with van der Waals surface area (Å²) in [5.74, 6) is -0.764. The number of rotatable bonds is 8. The largest absolute Gasteiger partial charge is 0.497 e. The Morgan fingerprint density at radius 1 is 0.848 bits per heavy atom. The van der Waals surface area contributed by atoms with Gasteiger partial charge in [-0.2, -0.15) is 0 Å². The molecule has 3 aromatic rings. The molecule has 0 radical (unpaired) electrons. The molecule has 7 nitrogen and oxygen atoms in total. The smallest absolute Gasteiger partial charge is 0.338 e. The molecule has 7 heteroatoms. The Morgan fingerprint density at radius 2 is 1.48 bits per heavy atom. The van der Waals surface area contributed by atoms with Crippen LogP contribution >= 0.6 is 0 Å². The fourth-order valence-electron chi connectivity index (χ4n) is 2.91. The predicted octanol–water partition coefficient (Wildman–Crippen LogP) is 4.28. The van der Waals surface area contributed by atoms with Crippen LogP contribution in [-0.2, 0) is 9.53 Å². The van der Waals surface area contributed by atoms with Crippen molar-refractivity contribution in [2.24, 2.45) is 0 Å². The van der Waals surface area contributed by atoms with E-state index in [9.17, 15) is 14.4 Å². The molecule has 0 bridgehead atoms. The van der Waals surface area contributed by atoms with Crippen LogP contribution in [0, 0.1) is 0 Å². The van der Waals surface area contributed by atoms with Crippen molar-refractivity contribution in [1.82, 2.24) is 5.32 Å². The molecule has 168 valence electrons. The first-order valence-corrected chi connectivity index (χ1v) is 10.3. The van der Waals surface area contributed by atoms with E-state index >= 15 is 0 Å². The van der Waals surface area contributed by atoms with Gasteiger partial charge in [0.1, 0.15) is 11.4 Å². The SMILES string of the molecule is CCOC(=O)c1ccc(NC(=O)/C(=C/c2ccccc2)NC(=O)c2ccc(OC)cc2)cc1. The molecular formula is C26H24N2O5. The van der Waals surface area contributed by atoms with E-state index in [1.165, 1.54) is 0 Å². The maximum atomic E-state index is 13.0. The molecule has 2 N–H and O–H groups in total. The minimum absolute atomic E-state index is 0.0662. The highest BCUT2D eigenvalue weighted by Crippen LogP contribution is 2.15. The Hall–Kier alpha value is -4.39. The van der Waals surface area contributed by atoms with E-state index in [1.807, 2.05) is 30.3 Å². The van der Waals surface area contributed by atoms with Crippen molar-refractivity contribution < 1.29 is 23.9 Å². The standard InChI is InChI=1S/C26H24N2O5/c1-3-33-26(31)20-9-13-21(14-10-20)27-25(30)23(17-18-7-5-4-6-8-18)28-24(29)19-11-15-22(32-2)16-12-19/h4-17H,3H2,1-2H3,(H,27,30)(H,28,29)/b23-17-. The highest BCUT2D eigenvalue weighted by Gasteiger charge is 2.16. The topological polar surface area (TPSA) is 93.7 Å². The lowest BCUT2D eigenvalue weighted by atomic mass is 10.1. The van der Waals surface area contributed by atoms with Crippen molar-refractivity contribution in [2.45, 2.75) is 6.92 Å². The second-order valence-electron chi connectivity index (χ2n) is 6.90. The first kappa shape index (κ1) is 23.3. The van der Waals surface area contributed by atoms with Crippen molar-refractivity contribution in [3.63, 3.8) is 0 Å². The second-order valence-corrected chi connectivity index (χ2v) is 6.90. The maximum absolute atomic E-state index is 13.0. The van der Waals surface area contributed by atoms with Gasteiger partial charge in [-0.3, -0.25) is 9.59 Å². The lowest BCUT2D eigenvalue weighted by Crippen LogP contribution is -2.30. The van der Waals surface area contributed by atoms with Crippen LogP contribution in [0.4, 0.5) is 5.69 Å². The summed E-state index contributed by atoms with van der Waals surface area (Å²) in [6.07, 6.45) is 1.59. The number of methoxy groups -OCH3 is 1. The molecule has 33 heavy (non-hydrogen) atoms. The van der Waals surface area contributed by atoms with Crippen LogP contribution in [-0.4, -0.2) is 31.5 Å². The summed E-state index contributed by atoms with van der Waals surface area (Å²) < 4.78 is 10.1. The van der Waals surface area contributed by atoms with Crippen molar-refractivity contribution in [1.29, 1.82) is 0 Å². The van der Waals surface area contributed by atoms with Gasteiger partial charge >= 0.3 is 5.97 Å². The number of carbonyl (C=O) groups is 3. The summed E-state index contributed by atoms with van der Waals surface area (Å²) in [5.41, 5.74) is 2.03. The van der Waals surface area contributed by atoms with Crippen LogP contribution in [0.25, 0.3) is 6.08 Å².